The molecule has 96 valence electrons. The molecule has 0 aromatic carbocycles. The summed E-state index contributed by atoms with van der Waals surface area (Å²) in [7, 11) is 0. The van der Waals surface area contributed by atoms with Crippen LogP contribution in [0.15, 0.2) is 0 Å². The monoisotopic (exact) mass is 229 g/mol. The van der Waals surface area contributed by atoms with Crippen LogP contribution in [0.4, 0.5) is 0 Å². The molecule has 2 N–H and O–H groups in total. The molecular formula is C13H27NO2. The minimum absolute atomic E-state index is 0.124. The average Bonchev–Trinajstić information content (AvgIpc) is 2.25. The van der Waals surface area contributed by atoms with Crippen molar-refractivity contribution in [1.29, 1.82) is 0 Å². The summed E-state index contributed by atoms with van der Waals surface area (Å²) in [6.07, 6.45) is 6.99. The Kier molecular flexibility index (Phi) is 7.01. The normalized spacial score (nSPS) is 26.2. The van der Waals surface area contributed by atoms with E-state index in [9.17, 15) is 5.11 Å². The second-order valence-electron chi connectivity index (χ2n) is 5.04. The van der Waals surface area contributed by atoms with Crippen LogP contribution in [0.2, 0.25) is 0 Å². The third-order valence-electron chi connectivity index (χ3n) is 3.16. The number of aliphatic hydroxyl groups is 1. The summed E-state index contributed by atoms with van der Waals surface area (Å²) in [6, 6.07) is 0.333. The lowest BCUT2D eigenvalue weighted by Crippen LogP contribution is -2.42. The van der Waals surface area contributed by atoms with Crippen LogP contribution in [0.25, 0.3) is 0 Å². The molecule has 0 bridgehead atoms. The molecule has 1 saturated carbocycles. The second-order valence-corrected chi connectivity index (χ2v) is 5.04. The van der Waals surface area contributed by atoms with Gasteiger partial charge in [-0.1, -0.05) is 12.8 Å². The molecule has 16 heavy (non-hydrogen) atoms. The Labute approximate surface area is 99.6 Å². The van der Waals surface area contributed by atoms with Crippen molar-refractivity contribution in [2.45, 2.75) is 70.6 Å². The van der Waals surface area contributed by atoms with Crippen LogP contribution >= 0.6 is 0 Å². The highest BCUT2D eigenvalue weighted by Gasteiger charge is 2.21. The first-order valence-corrected chi connectivity index (χ1v) is 6.73. The molecule has 1 aliphatic rings. The topological polar surface area (TPSA) is 41.5 Å². The highest BCUT2D eigenvalue weighted by molar-refractivity contribution is 4.79. The Morgan fingerprint density at radius 1 is 1.25 bits per heavy atom. The van der Waals surface area contributed by atoms with E-state index in [0.29, 0.717) is 12.1 Å². The van der Waals surface area contributed by atoms with Gasteiger partial charge in [0.05, 0.1) is 12.2 Å². The van der Waals surface area contributed by atoms with E-state index >= 15 is 0 Å². The van der Waals surface area contributed by atoms with Crippen molar-refractivity contribution in [3.8, 4) is 0 Å². The van der Waals surface area contributed by atoms with Crippen LogP contribution in [0.3, 0.4) is 0 Å². The number of ether oxygens (including phenoxy) is 1. The number of aliphatic hydroxyl groups excluding tert-OH is 1. The van der Waals surface area contributed by atoms with Gasteiger partial charge in [-0.3, -0.25) is 0 Å². The van der Waals surface area contributed by atoms with Gasteiger partial charge in [0, 0.05) is 12.6 Å². The van der Waals surface area contributed by atoms with E-state index in [-0.39, 0.29) is 6.10 Å². The number of unbranched alkanes of at least 4 members (excludes halogenated alkanes) is 1. The van der Waals surface area contributed by atoms with E-state index < -0.39 is 0 Å². The third kappa shape index (κ3) is 5.83. The lowest BCUT2D eigenvalue weighted by molar-refractivity contribution is 0.0736. The van der Waals surface area contributed by atoms with E-state index in [0.717, 1.165) is 38.8 Å². The zero-order valence-corrected chi connectivity index (χ0v) is 10.7. The number of nitrogens with one attached hydrogen (secondary N) is 1. The van der Waals surface area contributed by atoms with Crippen LogP contribution in [0.5, 0.6) is 0 Å². The zero-order valence-electron chi connectivity index (χ0n) is 10.7. The quantitative estimate of drug-likeness (QED) is 0.657. The van der Waals surface area contributed by atoms with Crippen molar-refractivity contribution >= 4 is 0 Å². The first-order valence-electron chi connectivity index (χ1n) is 6.73. The molecular weight excluding hydrogens is 202 g/mol. The van der Waals surface area contributed by atoms with Gasteiger partial charge in [-0.2, -0.15) is 0 Å². The molecule has 1 aliphatic carbocycles. The maximum atomic E-state index is 9.76. The zero-order chi connectivity index (χ0) is 11.8. The van der Waals surface area contributed by atoms with Crippen LogP contribution in [-0.4, -0.2) is 36.5 Å². The standard InChI is InChI=1S/C13H27NO2/c1-11(2)16-10-6-5-9-14-12-7-3-4-8-13(12)15/h11-15H,3-10H2,1-2H3/t12-,13-/m0/s1. The molecule has 0 amide bonds. The summed E-state index contributed by atoms with van der Waals surface area (Å²) in [5.41, 5.74) is 0. The van der Waals surface area contributed by atoms with Gasteiger partial charge in [0.15, 0.2) is 0 Å². The summed E-state index contributed by atoms with van der Waals surface area (Å²) in [5.74, 6) is 0. The van der Waals surface area contributed by atoms with Crippen molar-refractivity contribution in [3.05, 3.63) is 0 Å². The van der Waals surface area contributed by atoms with E-state index in [1.807, 2.05) is 0 Å². The summed E-state index contributed by atoms with van der Waals surface area (Å²) >= 11 is 0. The Morgan fingerprint density at radius 3 is 2.69 bits per heavy atom. The maximum absolute atomic E-state index is 9.76. The molecule has 0 aromatic rings. The molecule has 1 rings (SSSR count). The van der Waals surface area contributed by atoms with Gasteiger partial charge in [0.2, 0.25) is 0 Å². The lowest BCUT2D eigenvalue weighted by atomic mass is 9.92. The molecule has 3 nitrogen and oxygen atoms in total. The predicted molar refractivity (Wildman–Crippen MR) is 66.6 cm³/mol. The Balaban J connectivity index is 1.94. The Morgan fingerprint density at radius 2 is 2.00 bits per heavy atom. The van der Waals surface area contributed by atoms with Gasteiger partial charge in [-0.15, -0.1) is 0 Å². The van der Waals surface area contributed by atoms with Gasteiger partial charge in [0.1, 0.15) is 0 Å². The van der Waals surface area contributed by atoms with Gasteiger partial charge in [-0.25, -0.2) is 0 Å². The van der Waals surface area contributed by atoms with Crippen LogP contribution < -0.4 is 5.32 Å². The average molecular weight is 229 g/mol. The lowest BCUT2D eigenvalue weighted by Gasteiger charge is -2.28. The fourth-order valence-electron chi connectivity index (χ4n) is 2.18. The van der Waals surface area contributed by atoms with Crippen molar-refractivity contribution in [1.82, 2.24) is 5.32 Å². The molecule has 0 aromatic heterocycles. The fraction of sp³-hybridized carbons (Fsp3) is 1.00. The third-order valence-corrected chi connectivity index (χ3v) is 3.16. The fourth-order valence-corrected chi connectivity index (χ4v) is 2.18. The Hall–Kier alpha value is -0.120. The summed E-state index contributed by atoms with van der Waals surface area (Å²) in [4.78, 5) is 0. The van der Waals surface area contributed by atoms with Crippen LogP contribution in [0.1, 0.15) is 52.4 Å². The minimum Gasteiger partial charge on any atom is -0.392 e. The SMILES string of the molecule is CC(C)OCCCCN[C@H]1CCCC[C@@H]1O. The molecule has 0 heterocycles. The Bertz CT molecular complexity index is 173. The number of hydrogen-bond donors (Lipinski definition) is 2. The van der Waals surface area contributed by atoms with E-state index in [4.69, 9.17) is 4.74 Å². The van der Waals surface area contributed by atoms with E-state index in [2.05, 4.69) is 19.2 Å². The van der Waals surface area contributed by atoms with Crippen molar-refractivity contribution in [2.24, 2.45) is 0 Å². The smallest absolute Gasteiger partial charge is 0.0693 e. The molecule has 0 aliphatic heterocycles. The number of hydrogen-bond acceptors (Lipinski definition) is 3. The van der Waals surface area contributed by atoms with Gasteiger partial charge in [0.25, 0.3) is 0 Å². The van der Waals surface area contributed by atoms with Crippen LogP contribution in [0, 0.1) is 0 Å². The van der Waals surface area contributed by atoms with Crippen LogP contribution in [-0.2, 0) is 4.74 Å². The first kappa shape index (κ1) is 13.9. The van der Waals surface area contributed by atoms with E-state index in [1.54, 1.807) is 0 Å². The first-order chi connectivity index (χ1) is 7.70. The molecule has 0 radical (unpaired) electrons. The summed E-state index contributed by atoms with van der Waals surface area (Å²) in [5, 5.41) is 13.2. The molecule has 0 unspecified atom stereocenters. The molecule has 2 atom stereocenters. The largest absolute Gasteiger partial charge is 0.392 e. The molecule has 0 saturated heterocycles. The summed E-state index contributed by atoms with van der Waals surface area (Å²) < 4.78 is 5.48. The van der Waals surface area contributed by atoms with Crippen molar-refractivity contribution < 1.29 is 9.84 Å². The number of rotatable bonds is 7. The van der Waals surface area contributed by atoms with Gasteiger partial charge in [-0.05, 0) is 46.1 Å². The predicted octanol–water partition coefficient (Wildman–Crippen LogP) is 2.08. The molecule has 0 spiro atoms. The maximum Gasteiger partial charge on any atom is 0.0693 e. The van der Waals surface area contributed by atoms with Crippen molar-refractivity contribution in [3.63, 3.8) is 0 Å². The van der Waals surface area contributed by atoms with E-state index in [1.165, 1.54) is 12.8 Å². The highest BCUT2D eigenvalue weighted by Crippen LogP contribution is 2.18. The minimum atomic E-state index is -0.124. The van der Waals surface area contributed by atoms with Crippen molar-refractivity contribution in [2.75, 3.05) is 13.2 Å². The van der Waals surface area contributed by atoms with Gasteiger partial charge >= 0.3 is 0 Å². The highest BCUT2D eigenvalue weighted by atomic mass is 16.5. The van der Waals surface area contributed by atoms with Gasteiger partial charge < -0.3 is 15.2 Å². The molecule has 1 fully saturated rings. The second kappa shape index (κ2) is 8.04. The summed E-state index contributed by atoms with van der Waals surface area (Å²) in [6.45, 7) is 5.99. The molecule has 3 heteroatoms.